The fourth-order valence-corrected chi connectivity index (χ4v) is 2.10. The SMILES string of the molecule is COc1ccc(OC)c(C=NNC(=O)CNc2ccccc2C)c1. The van der Waals surface area contributed by atoms with Crippen molar-refractivity contribution in [2.45, 2.75) is 6.92 Å². The van der Waals surface area contributed by atoms with Gasteiger partial charge in [0.25, 0.3) is 5.91 Å². The molecule has 24 heavy (non-hydrogen) atoms. The highest BCUT2D eigenvalue weighted by Crippen LogP contribution is 2.22. The lowest BCUT2D eigenvalue weighted by Gasteiger charge is -2.08. The number of aryl methyl sites for hydroxylation is 1. The van der Waals surface area contributed by atoms with Crippen LogP contribution in [0.4, 0.5) is 5.69 Å². The van der Waals surface area contributed by atoms with Crippen molar-refractivity contribution in [1.29, 1.82) is 0 Å². The summed E-state index contributed by atoms with van der Waals surface area (Å²) < 4.78 is 10.4. The summed E-state index contributed by atoms with van der Waals surface area (Å²) in [5.74, 6) is 1.09. The van der Waals surface area contributed by atoms with Crippen LogP contribution in [0.3, 0.4) is 0 Å². The molecular weight excluding hydrogens is 306 g/mol. The Kier molecular flexibility index (Phi) is 6.19. The van der Waals surface area contributed by atoms with Crippen LogP contribution in [0.15, 0.2) is 47.6 Å². The van der Waals surface area contributed by atoms with Crippen LogP contribution in [0.5, 0.6) is 11.5 Å². The quantitative estimate of drug-likeness (QED) is 0.606. The molecule has 0 radical (unpaired) electrons. The number of amides is 1. The Morgan fingerprint density at radius 2 is 1.96 bits per heavy atom. The predicted octanol–water partition coefficient (Wildman–Crippen LogP) is 2.57. The molecule has 0 aromatic heterocycles. The lowest BCUT2D eigenvalue weighted by Crippen LogP contribution is -2.26. The lowest BCUT2D eigenvalue weighted by atomic mass is 10.2. The number of nitrogens with zero attached hydrogens (tertiary/aromatic N) is 1. The van der Waals surface area contributed by atoms with Crippen molar-refractivity contribution in [1.82, 2.24) is 5.43 Å². The Hall–Kier alpha value is -3.02. The molecule has 1 amide bonds. The van der Waals surface area contributed by atoms with Gasteiger partial charge in [-0.05, 0) is 36.8 Å². The minimum Gasteiger partial charge on any atom is -0.497 e. The van der Waals surface area contributed by atoms with Gasteiger partial charge in [-0.25, -0.2) is 5.43 Å². The van der Waals surface area contributed by atoms with Crippen molar-refractivity contribution >= 4 is 17.8 Å². The molecule has 0 aliphatic heterocycles. The molecule has 0 fully saturated rings. The number of ether oxygens (including phenoxy) is 2. The number of methoxy groups -OCH3 is 2. The summed E-state index contributed by atoms with van der Waals surface area (Å²) in [5, 5.41) is 7.03. The second-order valence-corrected chi connectivity index (χ2v) is 5.07. The van der Waals surface area contributed by atoms with Gasteiger partial charge >= 0.3 is 0 Å². The molecule has 2 aromatic rings. The number of nitrogens with one attached hydrogen (secondary N) is 2. The lowest BCUT2D eigenvalue weighted by molar-refractivity contribution is -0.119. The molecule has 126 valence electrons. The van der Waals surface area contributed by atoms with E-state index in [1.165, 1.54) is 6.21 Å². The molecule has 0 spiro atoms. The highest BCUT2D eigenvalue weighted by Gasteiger charge is 2.04. The van der Waals surface area contributed by atoms with E-state index in [-0.39, 0.29) is 12.5 Å². The van der Waals surface area contributed by atoms with Gasteiger partial charge in [-0.1, -0.05) is 18.2 Å². The van der Waals surface area contributed by atoms with E-state index in [1.54, 1.807) is 32.4 Å². The smallest absolute Gasteiger partial charge is 0.259 e. The first-order valence-electron chi connectivity index (χ1n) is 7.47. The topological polar surface area (TPSA) is 72.0 Å². The van der Waals surface area contributed by atoms with Crippen molar-refractivity contribution in [3.05, 3.63) is 53.6 Å². The van der Waals surface area contributed by atoms with Crippen LogP contribution in [0.2, 0.25) is 0 Å². The van der Waals surface area contributed by atoms with E-state index in [0.717, 1.165) is 11.3 Å². The van der Waals surface area contributed by atoms with Gasteiger partial charge in [0.1, 0.15) is 11.5 Å². The van der Waals surface area contributed by atoms with Crippen molar-refractivity contribution < 1.29 is 14.3 Å². The highest BCUT2D eigenvalue weighted by molar-refractivity contribution is 5.86. The molecule has 2 N–H and O–H groups in total. The monoisotopic (exact) mass is 327 g/mol. The maximum atomic E-state index is 11.9. The Morgan fingerprint density at radius 3 is 2.67 bits per heavy atom. The number of benzene rings is 2. The van der Waals surface area contributed by atoms with Gasteiger partial charge in [-0.15, -0.1) is 0 Å². The highest BCUT2D eigenvalue weighted by atomic mass is 16.5. The molecule has 2 rings (SSSR count). The van der Waals surface area contributed by atoms with E-state index in [2.05, 4.69) is 15.8 Å². The van der Waals surface area contributed by atoms with E-state index >= 15 is 0 Å². The maximum Gasteiger partial charge on any atom is 0.259 e. The summed E-state index contributed by atoms with van der Waals surface area (Å²) >= 11 is 0. The van der Waals surface area contributed by atoms with Crippen molar-refractivity contribution in [2.75, 3.05) is 26.1 Å². The number of hydrogen-bond acceptors (Lipinski definition) is 5. The largest absolute Gasteiger partial charge is 0.497 e. The Morgan fingerprint density at radius 1 is 1.17 bits per heavy atom. The van der Waals surface area contributed by atoms with E-state index in [1.807, 2.05) is 31.2 Å². The Labute approximate surface area is 141 Å². The third-order valence-electron chi connectivity index (χ3n) is 3.41. The fourth-order valence-electron chi connectivity index (χ4n) is 2.10. The van der Waals surface area contributed by atoms with Crippen LogP contribution in [0.25, 0.3) is 0 Å². The molecule has 0 saturated heterocycles. The minimum atomic E-state index is -0.239. The van der Waals surface area contributed by atoms with Crippen LogP contribution < -0.4 is 20.2 Å². The van der Waals surface area contributed by atoms with E-state index < -0.39 is 0 Å². The number of rotatable bonds is 7. The second kappa shape index (κ2) is 8.57. The zero-order valence-corrected chi connectivity index (χ0v) is 14.0. The summed E-state index contributed by atoms with van der Waals surface area (Å²) in [6.07, 6.45) is 1.52. The number of hydrazone groups is 1. The molecule has 0 bridgehead atoms. The summed E-state index contributed by atoms with van der Waals surface area (Å²) in [6, 6.07) is 13.1. The van der Waals surface area contributed by atoms with E-state index in [9.17, 15) is 4.79 Å². The van der Waals surface area contributed by atoms with Crippen LogP contribution in [-0.2, 0) is 4.79 Å². The molecule has 2 aromatic carbocycles. The van der Waals surface area contributed by atoms with Crippen LogP contribution in [0, 0.1) is 6.92 Å². The number of anilines is 1. The summed E-state index contributed by atoms with van der Waals surface area (Å²) in [5.41, 5.74) is 5.19. The average Bonchev–Trinajstić information content (AvgIpc) is 2.61. The minimum absolute atomic E-state index is 0.136. The first kappa shape index (κ1) is 17.3. The molecule has 0 saturated carbocycles. The Bertz CT molecular complexity index is 729. The van der Waals surface area contributed by atoms with Crippen molar-refractivity contribution in [2.24, 2.45) is 5.10 Å². The average molecular weight is 327 g/mol. The standard InChI is InChI=1S/C18H21N3O3/c1-13-6-4-5-7-16(13)19-12-18(22)21-20-11-14-10-15(23-2)8-9-17(14)24-3/h4-11,19H,12H2,1-3H3,(H,21,22). The van der Waals surface area contributed by atoms with Crippen molar-refractivity contribution in [3.63, 3.8) is 0 Å². The van der Waals surface area contributed by atoms with E-state index in [4.69, 9.17) is 9.47 Å². The normalized spacial score (nSPS) is 10.5. The van der Waals surface area contributed by atoms with Gasteiger partial charge in [0, 0.05) is 11.3 Å². The maximum absolute atomic E-state index is 11.9. The predicted molar refractivity (Wildman–Crippen MR) is 95.0 cm³/mol. The zero-order chi connectivity index (χ0) is 17.4. The third kappa shape index (κ3) is 4.74. The number of hydrogen-bond donors (Lipinski definition) is 2. The third-order valence-corrected chi connectivity index (χ3v) is 3.41. The molecule has 6 heteroatoms. The Balaban J connectivity index is 1.91. The van der Waals surface area contributed by atoms with Crippen LogP contribution >= 0.6 is 0 Å². The van der Waals surface area contributed by atoms with E-state index in [0.29, 0.717) is 17.1 Å². The zero-order valence-electron chi connectivity index (χ0n) is 14.0. The molecule has 0 atom stereocenters. The molecule has 0 unspecified atom stereocenters. The first-order valence-corrected chi connectivity index (χ1v) is 7.47. The first-order chi connectivity index (χ1) is 11.6. The molecule has 0 aliphatic rings. The molecule has 0 aliphatic carbocycles. The summed E-state index contributed by atoms with van der Waals surface area (Å²) in [4.78, 5) is 11.9. The molecule has 0 heterocycles. The number of carbonyl (C=O) groups is 1. The molecule has 6 nitrogen and oxygen atoms in total. The van der Waals surface area contributed by atoms with Crippen molar-refractivity contribution in [3.8, 4) is 11.5 Å². The fraction of sp³-hybridized carbons (Fsp3) is 0.222. The van der Waals surface area contributed by atoms with Crippen LogP contribution in [0.1, 0.15) is 11.1 Å². The van der Waals surface area contributed by atoms with Gasteiger partial charge in [0.05, 0.1) is 27.0 Å². The second-order valence-electron chi connectivity index (χ2n) is 5.07. The van der Waals surface area contributed by atoms with Crippen LogP contribution in [-0.4, -0.2) is 32.9 Å². The van der Waals surface area contributed by atoms with Gasteiger partial charge in [0.15, 0.2) is 0 Å². The van der Waals surface area contributed by atoms with Gasteiger partial charge < -0.3 is 14.8 Å². The number of carbonyl (C=O) groups excluding carboxylic acids is 1. The van der Waals surface area contributed by atoms with Gasteiger partial charge in [-0.3, -0.25) is 4.79 Å². The summed E-state index contributed by atoms with van der Waals surface area (Å²) in [7, 11) is 3.16. The number of para-hydroxylation sites is 1. The van der Waals surface area contributed by atoms with Gasteiger partial charge in [-0.2, -0.15) is 5.10 Å². The summed E-state index contributed by atoms with van der Waals surface area (Å²) in [6.45, 7) is 2.12. The molecular formula is C18H21N3O3. The van der Waals surface area contributed by atoms with Gasteiger partial charge in [0.2, 0.25) is 0 Å².